The number of ether oxygens (including phenoxy) is 1. The zero-order valence-electron chi connectivity index (χ0n) is 9.05. The molecule has 0 aliphatic heterocycles. The van der Waals surface area contributed by atoms with Crippen LogP contribution >= 0.6 is 0 Å². The number of carbonyl (C=O) groups excluding carboxylic acids is 2. The Kier molecular flexibility index (Phi) is 4.19. The molecule has 0 aliphatic rings. The molecule has 0 saturated heterocycles. The van der Waals surface area contributed by atoms with Gasteiger partial charge in [-0.3, -0.25) is 9.59 Å². The monoisotopic (exact) mass is 222 g/mol. The number of rotatable bonds is 6. The number of benzene rings is 1. The lowest BCUT2D eigenvalue weighted by Crippen LogP contribution is -2.36. The zero-order valence-corrected chi connectivity index (χ0v) is 9.05. The first-order chi connectivity index (χ1) is 7.58. The Balaban J connectivity index is 2.68. The van der Waals surface area contributed by atoms with E-state index in [0.717, 1.165) is 0 Å². The Morgan fingerprint density at radius 3 is 2.62 bits per heavy atom. The first-order valence-electron chi connectivity index (χ1n) is 4.95. The van der Waals surface area contributed by atoms with Crippen LogP contribution in [-0.4, -0.2) is 29.6 Å². The van der Waals surface area contributed by atoms with Gasteiger partial charge in [0, 0.05) is 12.0 Å². The van der Waals surface area contributed by atoms with Crippen molar-refractivity contribution in [3.63, 3.8) is 0 Å². The Bertz CT molecular complexity index is 357. The Labute approximate surface area is 93.9 Å². The van der Waals surface area contributed by atoms with Crippen molar-refractivity contribution in [2.45, 2.75) is 18.9 Å². The fraction of sp³-hybridized carbons (Fsp3) is 0.333. The van der Waals surface area contributed by atoms with E-state index >= 15 is 0 Å². The summed E-state index contributed by atoms with van der Waals surface area (Å²) >= 11 is 0. The third-order valence-electron chi connectivity index (χ3n) is 2.30. The molecule has 1 atom stereocenters. The van der Waals surface area contributed by atoms with Crippen LogP contribution in [0.25, 0.3) is 0 Å². The maximum absolute atomic E-state index is 11.9. The molecule has 0 spiro atoms. The summed E-state index contributed by atoms with van der Waals surface area (Å²) in [6.45, 7) is 1.73. The number of hydrogen-bond donors (Lipinski definition) is 1. The minimum absolute atomic E-state index is 0.0229. The van der Waals surface area contributed by atoms with E-state index in [9.17, 15) is 14.7 Å². The normalized spacial score (nSPS) is 13.9. The van der Waals surface area contributed by atoms with Gasteiger partial charge >= 0.3 is 0 Å². The molecule has 1 rings (SSSR count). The molecule has 0 saturated carbocycles. The van der Waals surface area contributed by atoms with Crippen molar-refractivity contribution in [3.8, 4) is 0 Å². The molecule has 1 unspecified atom stereocenters. The highest BCUT2D eigenvalue weighted by Gasteiger charge is 2.30. The second kappa shape index (κ2) is 5.42. The van der Waals surface area contributed by atoms with E-state index in [-0.39, 0.29) is 18.8 Å². The molecule has 0 heterocycles. The molecule has 86 valence electrons. The van der Waals surface area contributed by atoms with Crippen molar-refractivity contribution in [1.82, 2.24) is 0 Å². The van der Waals surface area contributed by atoms with Crippen LogP contribution in [0, 0.1) is 0 Å². The van der Waals surface area contributed by atoms with E-state index in [2.05, 4.69) is 4.74 Å². The van der Waals surface area contributed by atoms with E-state index in [0.29, 0.717) is 12.0 Å². The summed E-state index contributed by atoms with van der Waals surface area (Å²) in [7, 11) is 0. The fourth-order valence-corrected chi connectivity index (χ4v) is 1.32. The van der Waals surface area contributed by atoms with Crippen molar-refractivity contribution in [1.29, 1.82) is 0 Å². The highest BCUT2D eigenvalue weighted by Crippen LogP contribution is 2.16. The molecular formula is C12H14O4. The highest BCUT2D eigenvalue weighted by atomic mass is 16.5. The van der Waals surface area contributed by atoms with E-state index in [1.165, 1.54) is 6.92 Å². The van der Waals surface area contributed by atoms with Gasteiger partial charge < -0.3 is 9.84 Å². The summed E-state index contributed by atoms with van der Waals surface area (Å²) < 4.78 is 4.46. The zero-order chi connectivity index (χ0) is 12.0. The summed E-state index contributed by atoms with van der Waals surface area (Å²) in [6.07, 6.45) is 0.0828. The van der Waals surface area contributed by atoms with E-state index in [4.69, 9.17) is 0 Å². The highest BCUT2D eigenvalue weighted by molar-refractivity contribution is 6.01. The van der Waals surface area contributed by atoms with E-state index in [1.807, 2.05) is 0 Å². The molecule has 0 aromatic heterocycles. The van der Waals surface area contributed by atoms with Crippen LogP contribution in [0.3, 0.4) is 0 Å². The predicted octanol–water partition coefficient (Wildman–Crippen LogP) is 1.18. The van der Waals surface area contributed by atoms with Gasteiger partial charge in [0.25, 0.3) is 6.47 Å². The Morgan fingerprint density at radius 2 is 2.06 bits per heavy atom. The van der Waals surface area contributed by atoms with Gasteiger partial charge in [-0.2, -0.15) is 0 Å². The van der Waals surface area contributed by atoms with Crippen molar-refractivity contribution in [2.75, 3.05) is 6.61 Å². The smallest absolute Gasteiger partial charge is 0.293 e. The molecule has 1 aromatic rings. The van der Waals surface area contributed by atoms with Gasteiger partial charge in [-0.25, -0.2) is 0 Å². The van der Waals surface area contributed by atoms with E-state index in [1.54, 1.807) is 30.3 Å². The first-order valence-corrected chi connectivity index (χ1v) is 4.95. The molecule has 0 aliphatic carbocycles. The lowest BCUT2D eigenvalue weighted by molar-refractivity contribution is -0.129. The summed E-state index contributed by atoms with van der Waals surface area (Å²) in [6, 6.07) is 8.52. The molecule has 0 amide bonds. The summed E-state index contributed by atoms with van der Waals surface area (Å²) in [4.78, 5) is 21.8. The molecule has 0 radical (unpaired) electrons. The number of hydrogen-bond acceptors (Lipinski definition) is 4. The van der Waals surface area contributed by atoms with E-state index < -0.39 is 5.60 Å². The van der Waals surface area contributed by atoms with Gasteiger partial charge in [0.05, 0.1) is 6.61 Å². The van der Waals surface area contributed by atoms with Gasteiger partial charge in [-0.05, 0) is 6.92 Å². The molecule has 4 nitrogen and oxygen atoms in total. The number of carbonyl (C=O) groups is 2. The van der Waals surface area contributed by atoms with Gasteiger partial charge in [0.2, 0.25) is 0 Å². The van der Waals surface area contributed by atoms with Gasteiger partial charge in [0.1, 0.15) is 5.60 Å². The number of ketones is 1. The maximum atomic E-state index is 11.9. The maximum Gasteiger partial charge on any atom is 0.293 e. The minimum Gasteiger partial charge on any atom is -0.468 e. The summed E-state index contributed by atoms with van der Waals surface area (Å²) in [5.74, 6) is -0.373. The Morgan fingerprint density at radius 1 is 1.44 bits per heavy atom. The lowest BCUT2D eigenvalue weighted by Gasteiger charge is -2.20. The van der Waals surface area contributed by atoms with Crippen LogP contribution in [0.5, 0.6) is 0 Å². The molecule has 0 bridgehead atoms. The SMILES string of the molecule is CC(O)(CCOC=O)C(=O)c1ccccc1. The molecule has 4 heteroatoms. The molecule has 1 aromatic carbocycles. The first kappa shape index (κ1) is 12.4. The molecule has 16 heavy (non-hydrogen) atoms. The topological polar surface area (TPSA) is 63.6 Å². The average Bonchev–Trinajstić information content (AvgIpc) is 2.29. The Hall–Kier alpha value is -1.68. The lowest BCUT2D eigenvalue weighted by atomic mass is 9.92. The molecule has 1 N–H and O–H groups in total. The fourth-order valence-electron chi connectivity index (χ4n) is 1.32. The van der Waals surface area contributed by atoms with Crippen LogP contribution in [0.15, 0.2) is 30.3 Å². The summed E-state index contributed by atoms with van der Waals surface area (Å²) in [5, 5.41) is 9.92. The summed E-state index contributed by atoms with van der Waals surface area (Å²) in [5.41, 5.74) is -1.07. The van der Waals surface area contributed by atoms with Crippen LogP contribution in [0.4, 0.5) is 0 Å². The predicted molar refractivity (Wildman–Crippen MR) is 58.0 cm³/mol. The van der Waals surface area contributed by atoms with Crippen LogP contribution in [0.2, 0.25) is 0 Å². The second-order valence-corrected chi connectivity index (χ2v) is 3.69. The second-order valence-electron chi connectivity index (χ2n) is 3.69. The third kappa shape index (κ3) is 3.17. The van der Waals surface area contributed by atoms with Gasteiger partial charge in [-0.1, -0.05) is 30.3 Å². The standard InChI is InChI=1S/C12H14O4/c1-12(15,7-8-16-9-13)11(14)10-5-3-2-4-6-10/h2-6,9,15H,7-8H2,1H3. The van der Waals surface area contributed by atoms with Gasteiger partial charge in [-0.15, -0.1) is 0 Å². The van der Waals surface area contributed by atoms with Crippen LogP contribution < -0.4 is 0 Å². The number of Topliss-reactive ketones (excluding diaryl/α,β-unsaturated/α-hetero) is 1. The largest absolute Gasteiger partial charge is 0.468 e. The van der Waals surface area contributed by atoms with Crippen molar-refractivity contribution < 1.29 is 19.4 Å². The van der Waals surface area contributed by atoms with Crippen LogP contribution in [-0.2, 0) is 9.53 Å². The average molecular weight is 222 g/mol. The quantitative estimate of drug-likeness (QED) is 0.446. The molecule has 0 fully saturated rings. The van der Waals surface area contributed by atoms with Crippen molar-refractivity contribution >= 4 is 12.3 Å². The third-order valence-corrected chi connectivity index (χ3v) is 2.30. The van der Waals surface area contributed by atoms with Crippen LogP contribution in [0.1, 0.15) is 23.7 Å². The number of aliphatic hydroxyl groups is 1. The van der Waals surface area contributed by atoms with Gasteiger partial charge in [0.15, 0.2) is 5.78 Å². The van der Waals surface area contributed by atoms with Crippen molar-refractivity contribution in [2.24, 2.45) is 0 Å². The molecular weight excluding hydrogens is 208 g/mol. The van der Waals surface area contributed by atoms with Crippen molar-refractivity contribution in [3.05, 3.63) is 35.9 Å². The minimum atomic E-state index is -1.51.